The van der Waals surface area contributed by atoms with Crippen molar-refractivity contribution in [3.05, 3.63) is 71.0 Å². The summed E-state index contributed by atoms with van der Waals surface area (Å²) in [4.78, 5) is 8.16. The largest absolute Gasteiger partial charge is 0.433 e. The van der Waals surface area contributed by atoms with Crippen molar-refractivity contribution < 1.29 is 21.6 Å². The third kappa shape index (κ3) is 4.39. The highest BCUT2D eigenvalue weighted by Crippen LogP contribution is 2.39. The molecule has 174 valence electrons. The summed E-state index contributed by atoms with van der Waals surface area (Å²) in [5.74, 6) is 0.0407. The standard InChI is InChI=1S/C23H23F3N4O2S/c1-14-5-11-18-21(27-14)30(13-15-6-12-19(23(24,25)26)29-20(15)28-18)33(31,32)17-9-7-16(8-10-17)22(2,3)4/h5-12H,13H2,1-4H3,(H,28,29). The molecule has 2 aromatic heterocycles. The van der Waals surface area contributed by atoms with Crippen LogP contribution in [0.25, 0.3) is 0 Å². The second-order valence-electron chi connectivity index (χ2n) is 8.94. The van der Waals surface area contributed by atoms with E-state index in [-0.39, 0.29) is 34.2 Å². The summed E-state index contributed by atoms with van der Waals surface area (Å²) >= 11 is 0. The maximum Gasteiger partial charge on any atom is 0.433 e. The molecule has 6 nitrogen and oxygen atoms in total. The lowest BCUT2D eigenvalue weighted by Gasteiger charge is -2.24. The Balaban J connectivity index is 1.85. The van der Waals surface area contributed by atoms with Crippen LogP contribution in [0.1, 0.15) is 43.3 Å². The zero-order chi connectivity index (χ0) is 24.2. The fraction of sp³-hybridized carbons (Fsp3) is 0.304. The zero-order valence-electron chi connectivity index (χ0n) is 18.5. The predicted octanol–water partition coefficient (Wildman–Crippen LogP) is 5.55. The fourth-order valence-electron chi connectivity index (χ4n) is 3.52. The highest BCUT2D eigenvalue weighted by Gasteiger charge is 2.36. The van der Waals surface area contributed by atoms with Crippen LogP contribution in [-0.4, -0.2) is 18.4 Å². The Morgan fingerprint density at radius 1 is 0.939 bits per heavy atom. The number of benzene rings is 1. The molecule has 0 saturated heterocycles. The van der Waals surface area contributed by atoms with Gasteiger partial charge >= 0.3 is 6.18 Å². The van der Waals surface area contributed by atoms with Gasteiger partial charge in [-0.1, -0.05) is 39.0 Å². The second-order valence-corrected chi connectivity index (χ2v) is 10.8. The Kier molecular flexibility index (Phi) is 5.39. The van der Waals surface area contributed by atoms with Crippen LogP contribution in [0.15, 0.2) is 53.4 Å². The quantitative estimate of drug-likeness (QED) is 0.525. The number of halogens is 3. The number of aryl methyl sites for hydroxylation is 1. The molecule has 3 aromatic rings. The summed E-state index contributed by atoms with van der Waals surface area (Å²) in [6, 6.07) is 11.9. The van der Waals surface area contributed by atoms with Gasteiger partial charge in [-0.05, 0) is 48.2 Å². The lowest BCUT2D eigenvalue weighted by atomic mass is 9.87. The molecule has 0 amide bonds. The third-order valence-electron chi connectivity index (χ3n) is 5.40. The molecule has 0 saturated carbocycles. The van der Waals surface area contributed by atoms with Gasteiger partial charge in [0.1, 0.15) is 11.5 Å². The van der Waals surface area contributed by atoms with Crippen molar-refractivity contribution in [3.8, 4) is 0 Å². The zero-order valence-corrected chi connectivity index (χ0v) is 19.3. The monoisotopic (exact) mass is 476 g/mol. The number of anilines is 3. The van der Waals surface area contributed by atoms with Gasteiger partial charge in [-0.3, -0.25) is 0 Å². The third-order valence-corrected chi connectivity index (χ3v) is 7.15. The SMILES string of the molecule is Cc1ccc2c(n1)N(S(=O)(=O)c1ccc(C(C)(C)C)cc1)Cc1ccc(C(F)(F)F)nc1N2. The van der Waals surface area contributed by atoms with Crippen molar-refractivity contribution in [1.82, 2.24) is 9.97 Å². The normalized spacial score (nSPS) is 14.2. The van der Waals surface area contributed by atoms with E-state index in [9.17, 15) is 21.6 Å². The number of sulfonamides is 1. The van der Waals surface area contributed by atoms with Crippen molar-refractivity contribution in [2.75, 3.05) is 9.62 Å². The first kappa shape index (κ1) is 23.0. The van der Waals surface area contributed by atoms with E-state index in [0.29, 0.717) is 11.3 Å². The Morgan fingerprint density at radius 2 is 1.61 bits per heavy atom. The maximum atomic E-state index is 13.7. The van der Waals surface area contributed by atoms with Crippen LogP contribution >= 0.6 is 0 Å². The molecule has 0 aliphatic carbocycles. The minimum absolute atomic E-state index is 0.0579. The van der Waals surface area contributed by atoms with Crippen LogP contribution in [0.5, 0.6) is 0 Å². The second kappa shape index (κ2) is 7.72. The average Bonchev–Trinajstić information content (AvgIpc) is 2.89. The van der Waals surface area contributed by atoms with E-state index in [4.69, 9.17) is 0 Å². The molecule has 1 aliphatic heterocycles. The summed E-state index contributed by atoms with van der Waals surface area (Å²) in [5, 5.41) is 2.85. The topological polar surface area (TPSA) is 75.2 Å². The first-order valence-electron chi connectivity index (χ1n) is 10.2. The minimum Gasteiger partial charge on any atom is -0.337 e. The van der Waals surface area contributed by atoms with Gasteiger partial charge in [-0.25, -0.2) is 22.7 Å². The van der Waals surface area contributed by atoms with Gasteiger partial charge < -0.3 is 5.32 Å². The Morgan fingerprint density at radius 3 is 2.21 bits per heavy atom. The van der Waals surface area contributed by atoms with E-state index < -0.39 is 21.9 Å². The number of rotatable bonds is 2. The Bertz CT molecular complexity index is 1320. The van der Waals surface area contributed by atoms with Crippen LogP contribution in [0.4, 0.5) is 30.5 Å². The van der Waals surface area contributed by atoms with E-state index in [0.717, 1.165) is 15.9 Å². The first-order valence-corrected chi connectivity index (χ1v) is 11.7. The number of alkyl halides is 3. The molecule has 1 aliphatic rings. The van der Waals surface area contributed by atoms with Gasteiger partial charge in [0.2, 0.25) is 0 Å². The lowest BCUT2D eigenvalue weighted by molar-refractivity contribution is -0.141. The van der Waals surface area contributed by atoms with Gasteiger partial charge in [-0.15, -0.1) is 0 Å². The van der Waals surface area contributed by atoms with Crippen LogP contribution in [0.2, 0.25) is 0 Å². The summed E-state index contributed by atoms with van der Waals surface area (Å²) in [7, 11) is -4.08. The summed E-state index contributed by atoms with van der Waals surface area (Å²) in [6.45, 7) is 7.57. The van der Waals surface area contributed by atoms with Crippen LogP contribution in [-0.2, 0) is 28.2 Å². The predicted molar refractivity (Wildman–Crippen MR) is 120 cm³/mol. The summed E-state index contributed by atoms with van der Waals surface area (Å²) in [6.07, 6.45) is -4.63. The summed E-state index contributed by atoms with van der Waals surface area (Å²) in [5.41, 5.74) is 0.872. The molecule has 0 unspecified atom stereocenters. The first-order chi connectivity index (χ1) is 15.3. The number of fused-ring (bicyclic) bond motifs is 2. The number of hydrogen-bond donors (Lipinski definition) is 1. The van der Waals surface area contributed by atoms with Crippen LogP contribution in [0, 0.1) is 6.92 Å². The summed E-state index contributed by atoms with van der Waals surface area (Å²) < 4.78 is 68.1. The van der Waals surface area contributed by atoms with Gasteiger partial charge in [0.25, 0.3) is 10.0 Å². The number of hydrogen-bond acceptors (Lipinski definition) is 5. The van der Waals surface area contributed by atoms with Gasteiger partial charge in [-0.2, -0.15) is 13.2 Å². The molecular formula is C23H23F3N4O2S. The maximum absolute atomic E-state index is 13.7. The number of nitrogens with one attached hydrogen (secondary N) is 1. The lowest BCUT2D eigenvalue weighted by Crippen LogP contribution is -2.31. The van der Waals surface area contributed by atoms with E-state index in [1.54, 1.807) is 31.2 Å². The van der Waals surface area contributed by atoms with Crippen LogP contribution < -0.4 is 9.62 Å². The fourth-order valence-corrected chi connectivity index (χ4v) is 4.93. The average molecular weight is 477 g/mol. The Labute approximate surface area is 190 Å². The minimum atomic E-state index is -4.63. The molecule has 3 heterocycles. The Hall–Kier alpha value is -3.14. The molecule has 33 heavy (non-hydrogen) atoms. The highest BCUT2D eigenvalue weighted by molar-refractivity contribution is 7.92. The molecule has 1 aromatic carbocycles. The molecular weight excluding hydrogens is 453 g/mol. The number of aromatic nitrogens is 2. The smallest absolute Gasteiger partial charge is 0.337 e. The molecule has 10 heteroatoms. The van der Waals surface area contributed by atoms with Crippen molar-refractivity contribution in [2.45, 2.75) is 50.7 Å². The number of nitrogens with zero attached hydrogens (tertiary/aromatic N) is 3. The molecule has 0 fully saturated rings. The van der Waals surface area contributed by atoms with E-state index in [2.05, 4.69) is 15.3 Å². The molecule has 0 bridgehead atoms. The van der Waals surface area contributed by atoms with Crippen molar-refractivity contribution in [2.24, 2.45) is 0 Å². The molecule has 0 atom stereocenters. The van der Waals surface area contributed by atoms with Gasteiger partial charge in [0, 0.05) is 11.3 Å². The van der Waals surface area contributed by atoms with Crippen molar-refractivity contribution in [3.63, 3.8) is 0 Å². The van der Waals surface area contributed by atoms with Crippen LogP contribution in [0.3, 0.4) is 0 Å². The molecule has 4 rings (SSSR count). The molecule has 1 N–H and O–H groups in total. The van der Waals surface area contributed by atoms with Crippen molar-refractivity contribution >= 4 is 27.3 Å². The van der Waals surface area contributed by atoms with Gasteiger partial charge in [0.05, 0.1) is 17.1 Å². The number of pyridine rings is 2. The molecule has 0 spiro atoms. The molecule has 0 radical (unpaired) electrons. The van der Waals surface area contributed by atoms with E-state index in [1.165, 1.54) is 18.2 Å². The van der Waals surface area contributed by atoms with Crippen molar-refractivity contribution in [1.29, 1.82) is 0 Å². The van der Waals surface area contributed by atoms with Gasteiger partial charge in [0.15, 0.2) is 5.82 Å². The van der Waals surface area contributed by atoms with E-state index in [1.807, 2.05) is 20.8 Å². The highest BCUT2D eigenvalue weighted by atomic mass is 32.2. The van der Waals surface area contributed by atoms with E-state index >= 15 is 0 Å².